The molecule has 2 aliphatic heterocycles. The number of hydrogen-bond donors (Lipinski definition) is 0. The zero-order valence-corrected chi connectivity index (χ0v) is 16.8. The van der Waals surface area contributed by atoms with Crippen molar-refractivity contribution in [3.8, 4) is 11.5 Å². The second-order valence-corrected chi connectivity index (χ2v) is 9.04. The maximum Gasteiger partial charge on any atom is 0.338 e. The van der Waals surface area contributed by atoms with Crippen molar-refractivity contribution in [1.29, 1.82) is 0 Å². The van der Waals surface area contributed by atoms with Crippen LogP contribution >= 0.6 is 0 Å². The minimum absolute atomic E-state index is 0.0866. The molecule has 0 N–H and O–H groups in total. The molecule has 2 aliphatic rings. The quantitative estimate of drug-likeness (QED) is 0.694. The van der Waals surface area contributed by atoms with Gasteiger partial charge in [0.2, 0.25) is 16.8 Å². The first-order valence-corrected chi connectivity index (χ1v) is 11.1. The lowest BCUT2D eigenvalue weighted by molar-refractivity contribution is 0.0472. The number of ether oxygens (including phenoxy) is 3. The lowest BCUT2D eigenvalue weighted by Gasteiger charge is -2.20. The summed E-state index contributed by atoms with van der Waals surface area (Å²) in [5.74, 6) is 0.782. The lowest BCUT2D eigenvalue weighted by Crippen LogP contribution is -2.31. The number of benzene rings is 2. The van der Waals surface area contributed by atoms with Crippen molar-refractivity contribution in [3.05, 3.63) is 53.6 Å². The summed E-state index contributed by atoms with van der Waals surface area (Å²) < 4.78 is 43.1. The van der Waals surface area contributed by atoms with E-state index in [1.807, 2.05) is 0 Å². The minimum Gasteiger partial charge on any atom is -0.457 e. The van der Waals surface area contributed by atoms with Crippen LogP contribution < -0.4 is 9.47 Å². The number of hydrogen-bond acceptors (Lipinski definition) is 6. The summed E-state index contributed by atoms with van der Waals surface area (Å²) in [6, 6.07) is 11.3. The summed E-state index contributed by atoms with van der Waals surface area (Å²) in [5, 5.41) is 0. The van der Waals surface area contributed by atoms with Crippen LogP contribution in [0.2, 0.25) is 0 Å². The van der Waals surface area contributed by atoms with E-state index in [1.54, 1.807) is 18.2 Å². The third-order valence-corrected chi connectivity index (χ3v) is 7.01. The van der Waals surface area contributed by atoms with Gasteiger partial charge in [0, 0.05) is 13.1 Å². The van der Waals surface area contributed by atoms with E-state index >= 15 is 0 Å². The van der Waals surface area contributed by atoms with E-state index in [4.69, 9.17) is 14.2 Å². The molecule has 154 valence electrons. The summed E-state index contributed by atoms with van der Waals surface area (Å²) in [5.41, 5.74) is 1.09. The number of carbonyl (C=O) groups excluding carboxylic acids is 1. The fourth-order valence-corrected chi connectivity index (χ4v) is 4.97. The topological polar surface area (TPSA) is 82.1 Å². The van der Waals surface area contributed by atoms with Gasteiger partial charge in [0.15, 0.2) is 11.5 Å². The highest BCUT2D eigenvalue weighted by Crippen LogP contribution is 2.32. The molecule has 0 atom stereocenters. The maximum absolute atomic E-state index is 12.8. The Balaban J connectivity index is 1.40. The van der Waals surface area contributed by atoms with Gasteiger partial charge in [-0.25, -0.2) is 13.2 Å². The van der Waals surface area contributed by atoms with E-state index in [2.05, 4.69) is 0 Å². The standard InChI is InChI=1S/C21H23NO6S/c23-21(26-14-16-5-10-19-20(13-16)28-15-27-19)17-6-8-18(9-7-17)29(24,25)22-11-3-1-2-4-12-22/h5-10,13H,1-4,11-12,14-15H2. The molecule has 8 heteroatoms. The molecule has 0 radical (unpaired) electrons. The molecule has 0 unspecified atom stereocenters. The number of fused-ring (bicyclic) bond motifs is 1. The molecular weight excluding hydrogens is 394 g/mol. The molecule has 4 rings (SSSR count). The Kier molecular flexibility index (Phi) is 5.73. The number of rotatable bonds is 5. The Morgan fingerprint density at radius 1 is 0.931 bits per heavy atom. The lowest BCUT2D eigenvalue weighted by atomic mass is 10.2. The second kappa shape index (κ2) is 8.42. The number of esters is 1. The molecule has 29 heavy (non-hydrogen) atoms. The molecule has 0 aliphatic carbocycles. The summed E-state index contributed by atoms with van der Waals surface area (Å²) in [6.45, 7) is 1.36. The number of carbonyl (C=O) groups is 1. The van der Waals surface area contributed by atoms with Crippen LogP contribution in [0.3, 0.4) is 0 Å². The van der Waals surface area contributed by atoms with E-state index in [9.17, 15) is 13.2 Å². The highest BCUT2D eigenvalue weighted by atomic mass is 32.2. The Labute approximate surface area is 170 Å². The van der Waals surface area contributed by atoms with Crippen LogP contribution in [0.15, 0.2) is 47.4 Å². The predicted octanol–water partition coefficient (Wildman–Crippen LogP) is 3.34. The molecule has 2 heterocycles. The van der Waals surface area contributed by atoms with E-state index in [0.29, 0.717) is 30.2 Å². The summed E-state index contributed by atoms with van der Waals surface area (Å²) in [6.07, 6.45) is 3.87. The largest absolute Gasteiger partial charge is 0.457 e. The highest BCUT2D eigenvalue weighted by molar-refractivity contribution is 7.89. The molecule has 0 saturated carbocycles. The SMILES string of the molecule is O=C(OCc1ccc2c(c1)OCO2)c1ccc(S(=O)(=O)N2CCCCCC2)cc1. The zero-order valence-electron chi connectivity index (χ0n) is 16.0. The van der Waals surface area contributed by atoms with Crippen molar-refractivity contribution in [3.63, 3.8) is 0 Å². The molecule has 2 aromatic rings. The smallest absolute Gasteiger partial charge is 0.338 e. The summed E-state index contributed by atoms with van der Waals surface area (Å²) >= 11 is 0. The first-order chi connectivity index (χ1) is 14.0. The van der Waals surface area contributed by atoms with Crippen LogP contribution in [0.1, 0.15) is 41.6 Å². The van der Waals surface area contributed by atoms with Crippen LogP contribution in [-0.4, -0.2) is 38.6 Å². The van der Waals surface area contributed by atoms with Crippen molar-refractivity contribution in [2.45, 2.75) is 37.2 Å². The van der Waals surface area contributed by atoms with Crippen molar-refractivity contribution >= 4 is 16.0 Å². The zero-order chi connectivity index (χ0) is 20.3. The van der Waals surface area contributed by atoms with Crippen LogP contribution in [0.25, 0.3) is 0 Å². The average Bonchev–Trinajstić information content (AvgIpc) is 3.02. The highest BCUT2D eigenvalue weighted by Gasteiger charge is 2.25. The maximum atomic E-state index is 12.8. The van der Waals surface area contributed by atoms with Gasteiger partial charge in [0.1, 0.15) is 6.61 Å². The van der Waals surface area contributed by atoms with E-state index in [-0.39, 0.29) is 18.3 Å². The van der Waals surface area contributed by atoms with Crippen LogP contribution in [-0.2, 0) is 21.4 Å². The predicted molar refractivity (Wildman–Crippen MR) is 105 cm³/mol. The fourth-order valence-electron chi connectivity index (χ4n) is 3.46. The first kappa shape index (κ1) is 19.7. The van der Waals surface area contributed by atoms with Gasteiger partial charge in [-0.3, -0.25) is 0 Å². The molecule has 0 spiro atoms. The van der Waals surface area contributed by atoms with Gasteiger partial charge in [-0.05, 0) is 54.8 Å². The average molecular weight is 417 g/mol. The van der Waals surface area contributed by atoms with Crippen LogP contribution in [0, 0.1) is 0 Å². The van der Waals surface area contributed by atoms with Crippen molar-refractivity contribution < 1.29 is 27.4 Å². The van der Waals surface area contributed by atoms with E-state index in [0.717, 1.165) is 31.2 Å². The van der Waals surface area contributed by atoms with Gasteiger partial charge in [-0.15, -0.1) is 0 Å². The third-order valence-electron chi connectivity index (χ3n) is 5.10. The molecule has 1 fully saturated rings. The Morgan fingerprint density at radius 2 is 1.62 bits per heavy atom. The Hall–Kier alpha value is -2.58. The third kappa shape index (κ3) is 4.38. The Morgan fingerprint density at radius 3 is 2.34 bits per heavy atom. The minimum atomic E-state index is -3.53. The summed E-state index contributed by atoms with van der Waals surface area (Å²) in [7, 11) is -3.53. The fraction of sp³-hybridized carbons (Fsp3) is 0.381. The number of nitrogens with zero attached hydrogens (tertiary/aromatic N) is 1. The van der Waals surface area contributed by atoms with Crippen molar-refractivity contribution in [2.24, 2.45) is 0 Å². The Bertz CT molecular complexity index is 979. The summed E-state index contributed by atoms with van der Waals surface area (Å²) in [4.78, 5) is 12.5. The molecular formula is C21H23NO6S. The second-order valence-electron chi connectivity index (χ2n) is 7.11. The number of sulfonamides is 1. The van der Waals surface area contributed by atoms with Gasteiger partial charge < -0.3 is 14.2 Å². The van der Waals surface area contributed by atoms with E-state index < -0.39 is 16.0 Å². The van der Waals surface area contributed by atoms with Crippen LogP contribution in [0.5, 0.6) is 11.5 Å². The molecule has 2 aromatic carbocycles. The van der Waals surface area contributed by atoms with Gasteiger partial charge in [0.05, 0.1) is 10.5 Å². The van der Waals surface area contributed by atoms with E-state index in [1.165, 1.54) is 28.6 Å². The van der Waals surface area contributed by atoms with Gasteiger partial charge in [-0.1, -0.05) is 18.9 Å². The molecule has 0 bridgehead atoms. The van der Waals surface area contributed by atoms with Gasteiger partial charge in [-0.2, -0.15) is 4.31 Å². The van der Waals surface area contributed by atoms with Gasteiger partial charge >= 0.3 is 5.97 Å². The van der Waals surface area contributed by atoms with Gasteiger partial charge in [0.25, 0.3) is 0 Å². The van der Waals surface area contributed by atoms with Crippen molar-refractivity contribution in [2.75, 3.05) is 19.9 Å². The monoisotopic (exact) mass is 417 g/mol. The molecule has 1 saturated heterocycles. The molecule has 0 aromatic heterocycles. The first-order valence-electron chi connectivity index (χ1n) is 9.70. The van der Waals surface area contributed by atoms with Crippen molar-refractivity contribution in [1.82, 2.24) is 4.31 Å². The normalized spacial score (nSPS) is 17.0. The molecule has 0 amide bonds. The molecule has 7 nitrogen and oxygen atoms in total. The van der Waals surface area contributed by atoms with Crippen LogP contribution in [0.4, 0.5) is 0 Å².